The van der Waals surface area contributed by atoms with Gasteiger partial charge in [0, 0.05) is 13.1 Å². The van der Waals surface area contributed by atoms with Crippen molar-refractivity contribution in [3.8, 4) is 6.07 Å². The number of aliphatic hydroxyl groups is 1. The first-order valence-corrected chi connectivity index (χ1v) is 5.54. The van der Waals surface area contributed by atoms with E-state index in [1.165, 1.54) is 0 Å². The maximum absolute atomic E-state index is 9.70. The number of hydrogen-bond donors (Lipinski definition) is 1. The molecule has 0 saturated carbocycles. The second-order valence-corrected chi connectivity index (χ2v) is 4.07. The van der Waals surface area contributed by atoms with Crippen molar-refractivity contribution in [2.45, 2.75) is 45.3 Å². The van der Waals surface area contributed by atoms with Gasteiger partial charge in [0.25, 0.3) is 0 Å². The average molecular weight is 196 g/mol. The van der Waals surface area contributed by atoms with Crippen LogP contribution in [-0.4, -0.2) is 35.2 Å². The van der Waals surface area contributed by atoms with E-state index in [-0.39, 0.29) is 12.1 Å². The molecule has 0 aromatic rings. The molecule has 1 heterocycles. The fraction of sp³-hybridized carbons (Fsp3) is 0.909. The minimum Gasteiger partial charge on any atom is -0.393 e. The standard InChI is InChI=1S/C11H20N2O/c1-3-9-8-13(6-5-11(9)14)10(4-2)7-12/h9-11,14H,3-6,8H2,1-2H3. The molecule has 3 nitrogen and oxygen atoms in total. The van der Waals surface area contributed by atoms with Gasteiger partial charge in [0.15, 0.2) is 0 Å². The van der Waals surface area contributed by atoms with Crippen molar-refractivity contribution in [1.82, 2.24) is 4.90 Å². The maximum atomic E-state index is 9.70. The minimum atomic E-state index is -0.160. The van der Waals surface area contributed by atoms with Crippen LogP contribution in [0, 0.1) is 17.2 Å². The van der Waals surface area contributed by atoms with E-state index >= 15 is 0 Å². The van der Waals surface area contributed by atoms with Gasteiger partial charge in [-0.1, -0.05) is 13.8 Å². The molecule has 1 fully saturated rings. The first-order chi connectivity index (χ1) is 6.72. The number of hydrogen-bond acceptors (Lipinski definition) is 3. The molecular weight excluding hydrogens is 176 g/mol. The summed E-state index contributed by atoms with van der Waals surface area (Å²) in [6, 6.07) is 2.36. The number of nitriles is 1. The zero-order valence-corrected chi connectivity index (χ0v) is 9.11. The Labute approximate surface area is 86.3 Å². The molecule has 0 spiro atoms. The molecule has 14 heavy (non-hydrogen) atoms. The normalized spacial score (nSPS) is 31.0. The Morgan fingerprint density at radius 3 is 2.79 bits per heavy atom. The summed E-state index contributed by atoms with van der Waals surface area (Å²) in [4.78, 5) is 2.21. The lowest BCUT2D eigenvalue weighted by molar-refractivity contribution is 0.0160. The molecular formula is C11H20N2O. The van der Waals surface area contributed by atoms with Gasteiger partial charge in [0.1, 0.15) is 0 Å². The Kier molecular flexibility index (Phi) is 4.37. The van der Waals surface area contributed by atoms with Gasteiger partial charge in [0.05, 0.1) is 18.2 Å². The monoisotopic (exact) mass is 196 g/mol. The van der Waals surface area contributed by atoms with E-state index in [1.807, 2.05) is 6.92 Å². The molecule has 0 aliphatic carbocycles. The summed E-state index contributed by atoms with van der Waals surface area (Å²) < 4.78 is 0. The fourth-order valence-electron chi connectivity index (χ4n) is 2.16. The topological polar surface area (TPSA) is 47.3 Å². The van der Waals surface area contributed by atoms with Crippen LogP contribution in [0.4, 0.5) is 0 Å². The number of rotatable bonds is 3. The van der Waals surface area contributed by atoms with Crippen LogP contribution in [0.2, 0.25) is 0 Å². The Balaban J connectivity index is 2.54. The summed E-state index contributed by atoms with van der Waals surface area (Å²) in [5.74, 6) is 0.353. The lowest BCUT2D eigenvalue weighted by atomic mass is 9.91. The molecule has 1 aliphatic heterocycles. The molecule has 1 N–H and O–H groups in total. The van der Waals surface area contributed by atoms with Crippen LogP contribution in [-0.2, 0) is 0 Å². The molecule has 1 rings (SSSR count). The van der Waals surface area contributed by atoms with E-state index in [2.05, 4.69) is 17.9 Å². The van der Waals surface area contributed by atoms with Crippen LogP contribution in [0.5, 0.6) is 0 Å². The van der Waals surface area contributed by atoms with E-state index in [9.17, 15) is 5.11 Å². The molecule has 80 valence electrons. The van der Waals surface area contributed by atoms with Gasteiger partial charge in [-0.15, -0.1) is 0 Å². The van der Waals surface area contributed by atoms with E-state index in [0.29, 0.717) is 5.92 Å². The van der Waals surface area contributed by atoms with Crippen molar-refractivity contribution in [3.63, 3.8) is 0 Å². The summed E-state index contributed by atoms with van der Waals surface area (Å²) in [5, 5.41) is 18.7. The summed E-state index contributed by atoms with van der Waals surface area (Å²) in [6.07, 6.45) is 2.53. The molecule has 1 saturated heterocycles. The van der Waals surface area contributed by atoms with Crippen molar-refractivity contribution >= 4 is 0 Å². The Bertz CT molecular complexity index is 212. The highest BCUT2D eigenvalue weighted by molar-refractivity contribution is 4.94. The van der Waals surface area contributed by atoms with E-state index in [1.54, 1.807) is 0 Å². The van der Waals surface area contributed by atoms with Crippen molar-refractivity contribution in [2.24, 2.45) is 5.92 Å². The summed E-state index contributed by atoms with van der Waals surface area (Å²) in [6.45, 7) is 5.89. The molecule has 0 aromatic carbocycles. The van der Waals surface area contributed by atoms with Crippen LogP contribution in [0.15, 0.2) is 0 Å². The molecule has 3 heteroatoms. The van der Waals surface area contributed by atoms with Crippen molar-refractivity contribution in [3.05, 3.63) is 0 Å². The van der Waals surface area contributed by atoms with E-state index < -0.39 is 0 Å². The fourth-order valence-corrected chi connectivity index (χ4v) is 2.16. The van der Waals surface area contributed by atoms with Crippen LogP contribution in [0.1, 0.15) is 33.1 Å². The minimum absolute atomic E-state index is 0.0385. The lowest BCUT2D eigenvalue weighted by Gasteiger charge is -2.37. The van der Waals surface area contributed by atoms with E-state index in [0.717, 1.165) is 32.4 Å². The van der Waals surface area contributed by atoms with Gasteiger partial charge in [0.2, 0.25) is 0 Å². The first kappa shape index (κ1) is 11.5. The highest BCUT2D eigenvalue weighted by Gasteiger charge is 2.29. The van der Waals surface area contributed by atoms with Crippen molar-refractivity contribution < 1.29 is 5.11 Å². The Morgan fingerprint density at radius 2 is 2.29 bits per heavy atom. The largest absolute Gasteiger partial charge is 0.393 e. The van der Waals surface area contributed by atoms with Gasteiger partial charge in [-0.05, 0) is 25.2 Å². The second-order valence-electron chi connectivity index (χ2n) is 4.07. The SMILES string of the molecule is CCC1CN(C(C#N)CC)CCC1O. The maximum Gasteiger partial charge on any atom is 0.0975 e. The average Bonchev–Trinajstić information content (AvgIpc) is 2.22. The quantitative estimate of drug-likeness (QED) is 0.742. The van der Waals surface area contributed by atoms with Crippen LogP contribution in [0.3, 0.4) is 0 Å². The van der Waals surface area contributed by atoms with Crippen molar-refractivity contribution in [2.75, 3.05) is 13.1 Å². The van der Waals surface area contributed by atoms with Crippen LogP contribution in [0.25, 0.3) is 0 Å². The summed E-state index contributed by atoms with van der Waals surface area (Å²) >= 11 is 0. The third-order valence-corrected chi connectivity index (χ3v) is 3.23. The van der Waals surface area contributed by atoms with Gasteiger partial charge in [-0.3, -0.25) is 4.90 Å². The molecule has 0 radical (unpaired) electrons. The highest BCUT2D eigenvalue weighted by atomic mass is 16.3. The van der Waals surface area contributed by atoms with Gasteiger partial charge in [-0.2, -0.15) is 5.26 Å². The predicted octanol–water partition coefficient (Wildman–Crippen LogP) is 1.38. The zero-order chi connectivity index (χ0) is 10.6. The molecule has 0 aromatic heterocycles. The Morgan fingerprint density at radius 1 is 1.57 bits per heavy atom. The smallest absolute Gasteiger partial charge is 0.0975 e. The third kappa shape index (κ3) is 2.46. The van der Waals surface area contributed by atoms with Crippen LogP contribution < -0.4 is 0 Å². The number of piperidine rings is 1. The second kappa shape index (κ2) is 5.33. The van der Waals surface area contributed by atoms with Crippen molar-refractivity contribution in [1.29, 1.82) is 5.26 Å². The highest BCUT2D eigenvalue weighted by Crippen LogP contribution is 2.22. The molecule has 3 atom stereocenters. The van der Waals surface area contributed by atoms with Gasteiger partial charge in [-0.25, -0.2) is 0 Å². The van der Waals surface area contributed by atoms with Crippen LogP contribution >= 0.6 is 0 Å². The first-order valence-electron chi connectivity index (χ1n) is 5.54. The number of likely N-dealkylation sites (tertiary alicyclic amines) is 1. The number of nitrogens with zero attached hydrogens (tertiary/aromatic N) is 2. The lowest BCUT2D eigenvalue weighted by Crippen LogP contribution is -2.47. The predicted molar refractivity (Wildman–Crippen MR) is 55.7 cm³/mol. The van der Waals surface area contributed by atoms with Gasteiger partial charge < -0.3 is 5.11 Å². The zero-order valence-electron chi connectivity index (χ0n) is 9.11. The molecule has 3 unspecified atom stereocenters. The Hall–Kier alpha value is -0.590. The third-order valence-electron chi connectivity index (χ3n) is 3.23. The van der Waals surface area contributed by atoms with Gasteiger partial charge >= 0.3 is 0 Å². The molecule has 0 amide bonds. The molecule has 1 aliphatic rings. The number of aliphatic hydroxyl groups excluding tert-OH is 1. The summed E-state index contributed by atoms with van der Waals surface area (Å²) in [5.41, 5.74) is 0. The summed E-state index contributed by atoms with van der Waals surface area (Å²) in [7, 11) is 0. The van der Waals surface area contributed by atoms with E-state index in [4.69, 9.17) is 5.26 Å². The molecule has 0 bridgehead atoms.